The molecule has 5 rings (SSSR count). The Balaban J connectivity index is 1.38. The molecule has 1 aliphatic rings. The summed E-state index contributed by atoms with van der Waals surface area (Å²) in [6, 6.07) is 18.9. The van der Waals surface area contributed by atoms with Gasteiger partial charge in [-0.25, -0.2) is 9.78 Å². The number of oxazole rings is 1. The van der Waals surface area contributed by atoms with Gasteiger partial charge in [0.25, 0.3) is 5.91 Å². The average molecular weight is 443 g/mol. The molecule has 0 spiro atoms. The minimum absolute atomic E-state index is 0.169. The highest BCUT2D eigenvalue weighted by atomic mass is 16.5. The van der Waals surface area contributed by atoms with Crippen molar-refractivity contribution in [3.63, 3.8) is 0 Å². The quantitative estimate of drug-likeness (QED) is 0.319. The van der Waals surface area contributed by atoms with E-state index in [0.29, 0.717) is 28.0 Å². The summed E-state index contributed by atoms with van der Waals surface area (Å²) in [7, 11) is 0. The summed E-state index contributed by atoms with van der Waals surface area (Å²) in [6.07, 6.45) is 6.64. The smallest absolute Gasteiger partial charge is 0.339 e. The van der Waals surface area contributed by atoms with Gasteiger partial charge in [0.05, 0.1) is 5.56 Å². The van der Waals surface area contributed by atoms with Crippen molar-refractivity contribution >= 4 is 33.7 Å². The first-order valence-corrected chi connectivity index (χ1v) is 11.5. The Hall–Kier alpha value is -3.67. The molecule has 1 aliphatic carbocycles. The van der Waals surface area contributed by atoms with Crippen LogP contribution >= 0.6 is 0 Å². The van der Waals surface area contributed by atoms with Gasteiger partial charge in [-0.3, -0.25) is 4.79 Å². The Bertz CT molecular complexity index is 1260. The van der Waals surface area contributed by atoms with E-state index in [-0.39, 0.29) is 18.6 Å². The number of esters is 1. The lowest BCUT2D eigenvalue weighted by Crippen LogP contribution is -2.37. The SMILES string of the molecule is O=C(COC(=O)c1cccc2cccc(-c3nc4ccccc4o3)c12)NC1CCCCCC1. The number of amides is 1. The van der Waals surface area contributed by atoms with Crippen molar-refractivity contribution in [1.82, 2.24) is 10.3 Å². The zero-order valence-electron chi connectivity index (χ0n) is 18.4. The van der Waals surface area contributed by atoms with Gasteiger partial charge in [0.15, 0.2) is 12.2 Å². The fraction of sp³-hybridized carbons (Fsp3) is 0.296. The summed E-state index contributed by atoms with van der Waals surface area (Å²) in [5.41, 5.74) is 2.52. The first kappa shape index (κ1) is 21.2. The standard InChI is InChI=1S/C27H26N2O4/c30-24(28-19-11-3-1-2-4-12-19)17-32-27(31)21-14-8-10-18-9-7-13-20(25(18)21)26-29-22-15-5-6-16-23(22)33-26/h5-10,13-16,19H,1-4,11-12,17H2,(H,28,30). The van der Waals surface area contributed by atoms with E-state index in [1.54, 1.807) is 12.1 Å². The number of carbonyl (C=O) groups is 2. The fourth-order valence-electron chi connectivity index (χ4n) is 4.58. The molecule has 0 unspecified atom stereocenters. The monoisotopic (exact) mass is 442 g/mol. The van der Waals surface area contributed by atoms with Crippen molar-refractivity contribution in [3.8, 4) is 11.5 Å². The van der Waals surface area contributed by atoms with E-state index in [0.717, 1.165) is 36.6 Å². The van der Waals surface area contributed by atoms with Crippen LogP contribution < -0.4 is 5.32 Å². The van der Waals surface area contributed by atoms with Crippen LogP contribution in [0, 0.1) is 0 Å². The Morgan fingerprint density at radius 3 is 2.48 bits per heavy atom. The number of nitrogens with one attached hydrogen (secondary N) is 1. The Morgan fingerprint density at radius 2 is 1.70 bits per heavy atom. The zero-order chi connectivity index (χ0) is 22.6. The number of para-hydroxylation sites is 2. The second-order valence-electron chi connectivity index (χ2n) is 8.53. The van der Waals surface area contributed by atoms with Gasteiger partial charge in [0.2, 0.25) is 5.89 Å². The minimum Gasteiger partial charge on any atom is -0.452 e. The molecule has 0 bridgehead atoms. The Kier molecular flexibility index (Phi) is 6.07. The molecule has 6 heteroatoms. The van der Waals surface area contributed by atoms with Gasteiger partial charge in [-0.1, -0.05) is 62.1 Å². The molecule has 0 saturated heterocycles. The van der Waals surface area contributed by atoms with E-state index in [1.807, 2.05) is 48.5 Å². The van der Waals surface area contributed by atoms with Crippen LogP contribution in [-0.4, -0.2) is 29.5 Å². The third-order valence-electron chi connectivity index (χ3n) is 6.20. The first-order chi connectivity index (χ1) is 16.2. The second kappa shape index (κ2) is 9.45. The molecule has 0 radical (unpaired) electrons. The van der Waals surface area contributed by atoms with Crippen molar-refractivity contribution in [2.45, 2.75) is 44.6 Å². The van der Waals surface area contributed by atoms with Crippen LogP contribution in [0.25, 0.3) is 33.3 Å². The number of fused-ring (bicyclic) bond motifs is 2. The highest BCUT2D eigenvalue weighted by molar-refractivity contribution is 6.10. The van der Waals surface area contributed by atoms with Crippen molar-refractivity contribution < 1.29 is 18.7 Å². The zero-order valence-corrected chi connectivity index (χ0v) is 18.4. The Morgan fingerprint density at radius 1 is 0.939 bits per heavy atom. The van der Waals surface area contributed by atoms with Crippen LogP contribution in [0.5, 0.6) is 0 Å². The molecule has 4 aromatic rings. The predicted octanol–water partition coefficient (Wildman–Crippen LogP) is 5.64. The van der Waals surface area contributed by atoms with Crippen LogP contribution in [0.4, 0.5) is 0 Å². The molecule has 1 N–H and O–H groups in total. The highest BCUT2D eigenvalue weighted by Crippen LogP contribution is 2.33. The number of rotatable bonds is 5. The van der Waals surface area contributed by atoms with E-state index in [1.165, 1.54) is 12.8 Å². The molecule has 1 amide bonds. The molecule has 6 nitrogen and oxygen atoms in total. The summed E-state index contributed by atoms with van der Waals surface area (Å²) in [5, 5.41) is 4.58. The van der Waals surface area contributed by atoms with Crippen LogP contribution in [0.3, 0.4) is 0 Å². The molecule has 1 saturated carbocycles. The summed E-state index contributed by atoms with van der Waals surface area (Å²) >= 11 is 0. The van der Waals surface area contributed by atoms with Crippen molar-refractivity contribution in [2.75, 3.05) is 6.61 Å². The lowest BCUT2D eigenvalue weighted by molar-refractivity contribution is -0.125. The van der Waals surface area contributed by atoms with Gasteiger partial charge in [0.1, 0.15) is 5.52 Å². The second-order valence-corrected chi connectivity index (χ2v) is 8.53. The van der Waals surface area contributed by atoms with E-state index < -0.39 is 5.97 Å². The van der Waals surface area contributed by atoms with Crippen molar-refractivity contribution in [2.24, 2.45) is 0 Å². The number of hydrogen-bond acceptors (Lipinski definition) is 5. The largest absolute Gasteiger partial charge is 0.452 e. The number of aromatic nitrogens is 1. The number of hydrogen-bond donors (Lipinski definition) is 1. The molecular formula is C27H26N2O4. The minimum atomic E-state index is -0.542. The predicted molar refractivity (Wildman–Crippen MR) is 127 cm³/mol. The van der Waals surface area contributed by atoms with Gasteiger partial charge < -0.3 is 14.5 Å². The molecule has 1 fully saturated rings. The van der Waals surface area contributed by atoms with Crippen molar-refractivity contribution in [3.05, 3.63) is 66.2 Å². The number of carbonyl (C=O) groups excluding carboxylic acids is 2. The molecule has 0 atom stereocenters. The highest BCUT2D eigenvalue weighted by Gasteiger charge is 2.20. The normalized spacial score (nSPS) is 14.8. The maximum absolute atomic E-state index is 13.0. The van der Waals surface area contributed by atoms with Crippen LogP contribution in [0.1, 0.15) is 48.9 Å². The van der Waals surface area contributed by atoms with Gasteiger partial charge in [-0.05, 0) is 42.5 Å². The van der Waals surface area contributed by atoms with Gasteiger partial charge in [0, 0.05) is 17.0 Å². The summed E-state index contributed by atoms with van der Waals surface area (Å²) < 4.78 is 11.4. The average Bonchev–Trinajstić information content (AvgIpc) is 3.11. The van der Waals surface area contributed by atoms with Gasteiger partial charge >= 0.3 is 5.97 Å². The summed E-state index contributed by atoms with van der Waals surface area (Å²) in [6.45, 7) is -0.295. The third-order valence-corrected chi connectivity index (χ3v) is 6.20. The van der Waals surface area contributed by atoms with E-state index >= 15 is 0 Å². The molecule has 3 aromatic carbocycles. The fourth-order valence-corrected chi connectivity index (χ4v) is 4.58. The molecule has 1 aromatic heterocycles. The van der Waals surface area contributed by atoms with E-state index in [2.05, 4.69) is 10.3 Å². The van der Waals surface area contributed by atoms with Crippen LogP contribution in [0.15, 0.2) is 65.1 Å². The van der Waals surface area contributed by atoms with Crippen LogP contribution in [0.2, 0.25) is 0 Å². The number of benzene rings is 3. The van der Waals surface area contributed by atoms with Gasteiger partial charge in [-0.2, -0.15) is 0 Å². The van der Waals surface area contributed by atoms with E-state index in [9.17, 15) is 9.59 Å². The topological polar surface area (TPSA) is 81.4 Å². The lowest BCUT2D eigenvalue weighted by Gasteiger charge is -2.16. The molecule has 0 aliphatic heterocycles. The van der Waals surface area contributed by atoms with Crippen molar-refractivity contribution in [1.29, 1.82) is 0 Å². The summed E-state index contributed by atoms with van der Waals surface area (Å²) in [5.74, 6) is -0.358. The number of nitrogens with zero attached hydrogens (tertiary/aromatic N) is 1. The maximum Gasteiger partial charge on any atom is 0.339 e. The maximum atomic E-state index is 13.0. The molecule has 168 valence electrons. The van der Waals surface area contributed by atoms with E-state index in [4.69, 9.17) is 9.15 Å². The molecule has 33 heavy (non-hydrogen) atoms. The summed E-state index contributed by atoms with van der Waals surface area (Å²) in [4.78, 5) is 30.0. The van der Waals surface area contributed by atoms with Gasteiger partial charge in [-0.15, -0.1) is 0 Å². The van der Waals surface area contributed by atoms with Crippen LogP contribution in [-0.2, 0) is 9.53 Å². The Labute approximate surface area is 191 Å². The molecular weight excluding hydrogens is 416 g/mol. The first-order valence-electron chi connectivity index (χ1n) is 11.5. The molecule has 1 heterocycles. The lowest BCUT2D eigenvalue weighted by atomic mass is 9.99. The third kappa shape index (κ3) is 4.60. The number of ether oxygens (including phenoxy) is 1.